The minimum absolute atomic E-state index is 0.0202. The van der Waals surface area contributed by atoms with Gasteiger partial charge in [0.05, 0.1) is 18.8 Å². The fourth-order valence-electron chi connectivity index (χ4n) is 4.18. The number of fused-ring (bicyclic) bond motifs is 1. The molecule has 7 nitrogen and oxygen atoms in total. The van der Waals surface area contributed by atoms with E-state index in [1.165, 1.54) is 11.3 Å². The molecule has 148 valence electrons. The lowest BCUT2D eigenvalue weighted by atomic mass is 10.1. The first-order chi connectivity index (χ1) is 13.4. The third-order valence-corrected chi connectivity index (χ3v) is 5.81. The number of hydrogen-bond acceptors (Lipinski definition) is 4. The molecule has 0 N–H and O–H groups in total. The van der Waals surface area contributed by atoms with E-state index in [1.54, 1.807) is 11.8 Å². The summed E-state index contributed by atoms with van der Waals surface area (Å²) in [6, 6.07) is 10.3. The highest BCUT2D eigenvalue weighted by molar-refractivity contribution is 5.93. The van der Waals surface area contributed by atoms with Crippen molar-refractivity contribution in [2.75, 3.05) is 31.1 Å². The number of benzene rings is 1. The maximum atomic E-state index is 13.1. The van der Waals surface area contributed by atoms with E-state index < -0.39 is 0 Å². The van der Waals surface area contributed by atoms with Gasteiger partial charge in [-0.1, -0.05) is 18.2 Å². The average Bonchev–Trinajstić information content (AvgIpc) is 3.11. The van der Waals surface area contributed by atoms with Crippen LogP contribution in [-0.2, 0) is 17.9 Å². The van der Waals surface area contributed by atoms with Gasteiger partial charge in [0.25, 0.3) is 5.91 Å². The maximum absolute atomic E-state index is 13.1. The van der Waals surface area contributed by atoms with E-state index in [4.69, 9.17) is 0 Å². The summed E-state index contributed by atoms with van der Waals surface area (Å²) >= 11 is 0. The zero-order chi connectivity index (χ0) is 19.8. The van der Waals surface area contributed by atoms with Gasteiger partial charge >= 0.3 is 0 Å². The van der Waals surface area contributed by atoms with Crippen molar-refractivity contribution in [2.24, 2.45) is 0 Å². The predicted octanol–water partition coefficient (Wildman–Crippen LogP) is 1.90. The Morgan fingerprint density at radius 2 is 1.89 bits per heavy atom. The number of rotatable bonds is 2. The van der Waals surface area contributed by atoms with Gasteiger partial charge in [0.15, 0.2) is 5.69 Å². The van der Waals surface area contributed by atoms with Gasteiger partial charge in [-0.25, -0.2) is 0 Å². The van der Waals surface area contributed by atoms with Crippen LogP contribution in [0.4, 0.5) is 5.69 Å². The van der Waals surface area contributed by atoms with Crippen LogP contribution < -0.4 is 4.90 Å². The van der Waals surface area contributed by atoms with Crippen LogP contribution in [0.15, 0.2) is 30.3 Å². The van der Waals surface area contributed by atoms with Crippen molar-refractivity contribution in [2.45, 2.75) is 39.9 Å². The summed E-state index contributed by atoms with van der Waals surface area (Å²) in [5, 5.41) is 4.52. The predicted molar refractivity (Wildman–Crippen MR) is 107 cm³/mol. The molecule has 1 fully saturated rings. The number of hydrogen-bond donors (Lipinski definition) is 0. The van der Waals surface area contributed by atoms with Crippen LogP contribution in [0, 0.1) is 6.92 Å². The number of anilines is 1. The SMILES string of the molecule is CC(=O)N1CCn2nc(C(=O)N3CCN(c4ccccc4C)CC3C)cc2C1. The Bertz CT molecular complexity index is 906. The van der Waals surface area contributed by atoms with Crippen molar-refractivity contribution >= 4 is 17.5 Å². The molecule has 2 amide bonds. The van der Waals surface area contributed by atoms with Crippen LogP contribution >= 0.6 is 0 Å². The number of aryl methyl sites for hydroxylation is 1. The molecule has 2 aliphatic rings. The highest BCUT2D eigenvalue weighted by Crippen LogP contribution is 2.24. The molecule has 0 bridgehead atoms. The zero-order valence-corrected chi connectivity index (χ0v) is 16.8. The van der Waals surface area contributed by atoms with Gasteiger partial charge in [0.1, 0.15) is 0 Å². The molecule has 1 aromatic heterocycles. The molecule has 1 saturated heterocycles. The lowest BCUT2D eigenvalue weighted by Crippen LogP contribution is -2.54. The Morgan fingerprint density at radius 3 is 2.61 bits per heavy atom. The molecule has 1 aromatic carbocycles. The fourth-order valence-corrected chi connectivity index (χ4v) is 4.18. The van der Waals surface area contributed by atoms with Crippen LogP contribution in [-0.4, -0.2) is 63.6 Å². The minimum atomic E-state index is -0.0202. The van der Waals surface area contributed by atoms with Gasteiger partial charge in [0, 0.05) is 44.8 Å². The highest BCUT2D eigenvalue weighted by Gasteiger charge is 2.31. The molecule has 1 atom stereocenters. The van der Waals surface area contributed by atoms with Gasteiger partial charge in [-0.2, -0.15) is 5.10 Å². The summed E-state index contributed by atoms with van der Waals surface area (Å²) in [6.45, 7) is 9.89. The van der Waals surface area contributed by atoms with Crippen molar-refractivity contribution in [1.29, 1.82) is 0 Å². The monoisotopic (exact) mass is 381 g/mol. The molecule has 3 heterocycles. The summed E-state index contributed by atoms with van der Waals surface area (Å²) in [7, 11) is 0. The van der Waals surface area contributed by atoms with Crippen molar-refractivity contribution in [3.05, 3.63) is 47.3 Å². The normalized spacial score (nSPS) is 19.5. The Kier molecular flexibility index (Phi) is 4.83. The lowest BCUT2D eigenvalue weighted by Gasteiger charge is -2.41. The number of piperazine rings is 1. The Labute approximate surface area is 165 Å². The lowest BCUT2D eigenvalue weighted by molar-refractivity contribution is -0.130. The summed E-state index contributed by atoms with van der Waals surface area (Å²) in [5.74, 6) is 0.0366. The van der Waals surface area contributed by atoms with E-state index in [9.17, 15) is 9.59 Å². The van der Waals surface area contributed by atoms with Gasteiger partial charge in [-0.15, -0.1) is 0 Å². The number of carbonyl (C=O) groups is 2. The Morgan fingerprint density at radius 1 is 1.11 bits per heavy atom. The van der Waals surface area contributed by atoms with Gasteiger partial charge in [0.2, 0.25) is 5.91 Å². The first-order valence-electron chi connectivity index (χ1n) is 9.88. The van der Waals surface area contributed by atoms with Gasteiger partial charge in [-0.3, -0.25) is 14.3 Å². The van der Waals surface area contributed by atoms with Crippen molar-refractivity contribution in [1.82, 2.24) is 19.6 Å². The molecule has 4 rings (SSSR count). The number of carbonyl (C=O) groups excluding carboxylic acids is 2. The molecule has 2 aliphatic heterocycles. The standard InChI is InChI=1S/C21H27N5O2/c1-15-6-4-5-7-20(15)24-8-10-25(16(2)13-24)21(28)19-12-18-14-23(17(3)27)9-11-26(18)22-19/h4-7,12,16H,8-11,13-14H2,1-3H3. The summed E-state index contributed by atoms with van der Waals surface area (Å²) in [6.07, 6.45) is 0. The van der Waals surface area contributed by atoms with Crippen molar-refractivity contribution in [3.8, 4) is 0 Å². The second-order valence-electron chi connectivity index (χ2n) is 7.76. The Balaban J connectivity index is 1.47. The second kappa shape index (κ2) is 7.30. The molecular weight excluding hydrogens is 354 g/mol. The third-order valence-electron chi connectivity index (χ3n) is 5.81. The van der Waals surface area contributed by atoms with Crippen LogP contribution in [0.25, 0.3) is 0 Å². The molecular formula is C21H27N5O2. The van der Waals surface area contributed by atoms with Gasteiger partial charge < -0.3 is 14.7 Å². The van der Waals surface area contributed by atoms with E-state index >= 15 is 0 Å². The summed E-state index contributed by atoms with van der Waals surface area (Å²) in [4.78, 5) is 30.8. The molecule has 0 aliphatic carbocycles. The molecule has 28 heavy (non-hydrogen) atoms. The second-order valence-corrected chi connectivity index (χ2v) is 7.76. The molecule has 0 radical (unpaired) electrons. The Hall–Kier alpha value is -2.83. The number of amides is 2. The maximum Gasteiger partial charge on any atom is 0.274 e. The average molecular weight is 381 g/mol. The van der Waals surface area contributed by atoms with Crippen LogP contribution in [0.2, 0.25) is 0 Å². The molecule has 2 aromatic rings. The first-order valence-corrected chi connectivity index (χ1v) is 9.88. The quantitative estimate of drug-likeness (QED) is 0.797. The minimum Gasteiger partial charge on any atom is -0.367 e. The van der Waals surface area contributed by atoms with Crippen LogP contribution in [0.1, 0.15) is 35.6 Å². The fraction of sp³-hybridized carbons (Fsp3) is 0.476. The van der Waals surface area contributed by atoms with Crippen LogP contribution in [0.5, 0.6) is 0 Å². The third kappa shape index (κ3) is 3.37. The topological polar surface area (TPSA) is 61.7 Å². The largest absolute Gasteiger partial charge is 0.367 e. The molecule has 7 heteroatoms. The van der Waals surface area contributed by atoms with Crippen LogP contribution in [0.3, 0.4) is 0 Å². The summed E-state index contributed by atoms with van der Waals surface area (Å²) in [5.41, 5.74) is 3.90. The molecule has 0 saturated carbocycles. The van der Waals surface area contributed by atoms with E-state index in [0.29, 0.717) is 31.9 Å². The first kappa shape index (κ1) is 18.5. The molecule has 0 spiro atoms. The van der Waals surface area contributed by atoms with E-state index in [0.717, 1.165) is 18.8 Å². The molecule has 1 unspecified atom stereocenters. The van der Waals surface area contributed by atoms with E-state index in [1.807, 2.05) is 15.6 Å². The number of para-hydroxylation sites is 1. The van der Waals surface area contributed by atoms with E-state index in [-0.39, 0.29) is 17.9 Å². The van der Waals surface area contributed by atoms with E-state index in [2.05, 4.69) is 48.1 Å². The number of nitrogens with zero attached hydrogens (tertiary/aromatic N) is 5. The number of aromatic nitrogens is 2. The smallest absolute Gasteiger partial charge is 0.274 e. The highest BCUT2D eigenvalue weighted by atomic mass is 16.2. The van der Waals surface area contributed by atoms with Crippen molar-refractivity contribution < 1.29 is 9.59 Å². The van der Waals surface area contributed by atoms with Crippen molar-refractivity contribution in [3.63, 3.8) is 0 Å². The summed E-state index contributed by atoms with van der Waals surface area (Å²) < 4.78 is 1.86. The van der Waals surface area contributed by atoms with Gasteiger partial charge in [-0.05, 0) is 31.5 Å². The zero-order valence-electron chi connectivity index (χ0n) is 16.8.